The van der Waals surface area contributed by atoms with Gasteiger partial charge in [-0.05, 0) is 34.5 Å². The molecule has 0 atom stereocenters. The second kappa shape index (κ2) is 5.85. The predicted molar refractivity (Wildman–Crippen MR) is 79.0 cm³/mol. The molecule has 0 saturated carbocycles. The van der Waals surface area contributed by atoms with E-state index in [4.69, 9.17) is 4.74 Å². The number of benzene rings is 3. The lowest BCUT2D eigenvalue weighted by atomic mass is 10.0. The van der Waals surface area contributed by atoms with Gasteiger partial charge in [0.1, 0.15) is 18.2 Å². The van der Waals surface area contributed by atoms with Gasteiger partial charge in [0.05, 0.1) is 5.97 Å². The molecule has 3 aromatic carbocycles. The predicted octanol–water partition coefficient (Wildman–Crippen LogP) is 2.92. The van der Waals surface area contributed by atoms with Gasteiger partial charge in [-0.25, -0.2) is 4.39 Å². The highest BCUT2D eigenvalue weighted by molar-refractivity contribution is 6.05. The monoisotopic (exact) mass is 295 g/mol. The van der Waals surface area contributed by atoms with E-state index in [0.717, 1.165) is 5.39 Å². The number of hydrogen-bond donors (Lipinski definition) is 0. The summed E-state index contributed by atoms with van der Waals surface area (Å²) >= 11 is 0. The molecule has 0 saturated heterocycles. The maximum Gasteiger partial charge on any atom is 0.129 e. The zero-order valence-electron chi connectivity index (χ0n) is 11.6. The number of rotatable bonds is 4. The Morgan fingerprint density at radius 1 is 1.05 bits per heavy atom. The fraction of sp³-hybridized carbons (Fsp3) is 0.0556. The van der Waals surface area contributed by atoms with Gasteiger partial charge in [0.15, 0.2) is 0 Å². The molecule has 0 aliphatic carbocycles. The summed E-state index contributed by atoms with van der Waals surface area (Å²) in [5.74, 6) is -1.45. The number of halogens is 1. The van der Waals surface area contributed by atoms with Crippen LogP contribution in [0.4, 0.5) is 4.39 Å². The summed E-state index contributed by atoms with van der Waals surface area (Å²) in [4.78, 5) is 11.5. The fourth-order valence-corrected chi connectivity index (χ4v) is 2.37. The number of aromatic carboxylic acids is 1. The second-order valence-electron chi connectivity index (χ2n) is 4.87. The van der Waals surface area contributed by atoms with E-state index in [1.165, 1.54) is 12.1 Å². The number of carbonyl (C=O) groups is 1. The van der Waals surface area contributed by atoms with Crippen molar-refractivity contribution in [3.05, 3.63) is 77.6 Å². The smallest absolute Gasteiger partial charge is 0.129 e. The number of carbonyl (C=O) groups excluding carboxylic acids is 1. The Hall–Kier alpha value is -2.88. The average Bonchev–Trinajstić information content (AvgIpc) is 2.52. The van der Waals surface area contributed by atoms with Crippen molar-refractivity contribution in [2.24, 2.45) is 0 Å². The molecule has 0 radical (unpaired) electrons. The van der Waals surface area contributed by atoms with Gasteiger partial charge < -0.3 is 14.6 Å². The molecule has 0 bridgehead atoms. The van der Waals surface area contributed by atoms with Crippen molar-refractivity contribution >= 4 is 16.7 Å². The molecular weight excluding hydrogens is 283 g/mol. The van der Waals surface area contributed by atoms with Gasteiger partial charge in [0, 0.05) is 5.56 Å². The highest BCUT2D eigenvalue weighted by Crippen LogP contribution is 2.28. The zero-order valence-corrected chi connectivity index (χ0v) is 11.6. The summed E-state index contributed by atoms with van der Waals surface area (Å²) in [5, 5.41) is 12.8. The molecule has 0 aromatic heterocycles. The van der Waals surface area contributed by atoms with Crippen LogP contribution in [0.5, 0.6) is 5.75 Å². The Morgan fingerprint density at radius 3 is 2.64 bits per heavy atom. The molecule has 0 spiro atoms. The number of fused-ring (bicyclic) bond motifs is 1. The van der Waals surface area contributed by atoms with Crippen LogP contribution < -0.4 is 9.84 Å². The highest BCUT2D eigenvalue weighted by Gasteiger charge is 2.10. The molecule has 0 heterocycles. The minimum absolute atomic E-state index is 0.00880. The molecular formula is C18H12FO3-. The molecule has 110 valence electrons. The Balaban J connectivity index is 1.96. The first-order valence-electron chi connectivity index (χ1n) is 6.75. The highest BCUT2D eigenvalue weighted by atomic mass is 19.1. The van der Waals surface area contributed by atoms with Crippen LogP contribution in [0.1, 0.15) is 15.9 Å². The molecule has 0 unspecified atom stereocenters. The van der Waals surface area contributed by atoms with E-state index in [1.807, 2.05) is 12.1 Å². The molecule has 3 aromatic rings. The largest absolute Gasteiger partial charge is 0.545 e. The van der Waals surface area contributed by atoms with Crippen LogP contribution >= 0.6 is 0 Å². The van der Waals surface area contributed by atoms with Crippen LogP contribution in [0, 0.1) is 5.82 Å². The molecule has 22 heavy (non-hydrogen) atoms. The van der Waals surface area contributed by atoms with Crippen LogP contribution in [-0.2, 0) is 6.61 Å². The van der Waals surface area contributed by atoms with Crippen molar-refractivity contribution in [1.82, 2.24) is 0 Å². The van der Waals surface area contributed by atoms with Crippen molar-refractivity contribution in [3.63, 3.8) is 0 Å². The first-order chi connectivity index (χ1) is 10.6. The van der Waals surface area contributed by atoms with Crippen LogP contribution in [0.2, 0.25) is 0 Å². The summed E-state index contributed by atoms with van der Waals surface area (Å²) in [7, 11) is 0. The third-order valence-electron chi connectivity index (χ3n) is 3.38. The van der Waals surface area contributed by atoms with E-state index in [1.54, 1.807) is 36.4 Å². The lowest BCUT2D eigenvalue weighted by Gasteiger charge is -2.15. The van der Waals surface area contributed by atoms with E-state index < -0.39 is 5.97 Å². The summed E-state index contributed by atoms with van der Waals surface area (Å²) in [5.41, 5.74) is 0.631. The molecule has 0 aliphatic rings. The second-order valence-corrected chi connectivity index (χ2v) is 4.87. The van der Waals surface area contributed by atoms with Gasteiger partial charge in [-0.15, -0.1) is 0 Å². The van der Waals surface area contributed by atoms with Crippen molar-refractivity contribution in [1.29, 1.82) is 0 Å². The van der Waals surface area contributed by atoms with Crippen molar-refractivity contribution in [2.45, 2.75) is 6.61 Å². The van der Waals surface area contributed by atoms with Gasteiger partial charge in [0.25, 0.3) is 0 Å². The van der Waals surface area contributed by atoms with E-state index >= 15 is 0 Å². The lowest BCUT2D eigenvalue weighted by Crippen LogP contribution is -2.23. The molecule has 0 fully saturated rings. The Bertz CT molecular complexity index is 843. The van der Waals surface area contributed by atoms with Gasteiger partial charge >= 0.3 is 0 Å². The average molecular weight is 295 g/mol. The molecule has 4 heteroatoms. The number of hydrogen-bond acceptors (Lipinski definition) is 3. The maximum atomic E-state index is 13.1. The van der Waals surface area contributed by atoms with E-state index in [9.17, 15) is 14.3 Å². The first kappa shape index (κ1) is 14.1. The minimum Gasteiger partial charge on any atom is -0.545 e. The number of carboxylic acids is 1. The van der Waals surface area contributed by atoms with Crippen LogP contribution in [0.15, 0.2) is 60.7 Å². The summed E-state index contributed by atoms with van der Waals surface area (Å²) < 4.78 is 18.7. The number of ether oxygens (including phenoxy) is 1. The van der Waals surface area contributed by atoms with Gasteiger partial charge in [-0.3, -0.25) is 0 Å². The molecule has 0 N–H and O–H groups in total. The van der Waals surface area contributed by atoms with Crippen molar-refractivity contribution < 1.29 is 19.0 Å². The minimum atomic E-state index is -1.30. The van der Waals surface area contributed by atoms with E-state index in [-0.39, 0.29) is 23.7 Å². The van der Waals surface area contributed by atoms with E-state index in [2.05, 4.69) is 0 Å². The van der Waals surface area contributed by atoms with Crippen LogP contribution in [0.3, 0.4) is 0 Å². The number of carboxylic acid groups (broad SMARTS) is 1. The van der Waals surface area contributed by atoms with Crippen LogP contribution in [0.25, 0.3) is 10.8 Å². The topological polar surface area (TPSA) is 49.4 Å². The van der Waals surface area contributed by atoms with Gasteiger partial charge in [0.2, 0.25) is 0 Å². The Morgan fingerprint density at radius 2 is 1.86 bits per heavy atom. The Kier molecular flexibility index (Phi) is 3.74. The zero-order chi connectivity index (χ0) is 15.5. The fourth-order valence-electron chi connectivity index (χ4n) is 2.37. The SMILES string of the molecule is O=C([O-])c1c(OCc2cccc(F)c2)ccc2ccccc12. The van der Waals surface area contributed by atoms with E-state index in [0.29, 0.717) is 10.9 Å². The standard InChI is InChI=1S/C18H13FO3/c19-14-6-3-4-12(10-14)11-22-16-9-8-13-5-1-2-7-15(13)17(16)18(20)21/h1-10H,11H2,(H,20,21)/p-1. The lowest BCUT2D eigenvalue weighted by molar-refractivity contribution is -0.254. The van der Waals surface area contributed by atoms with Crippen LogP contribution in [-0.4, -0.2) is 5.97 Å². The quantitative estimate of drug-likeness (QED) is 0.743. The summed E-state index contributed by atoms with van der Waals surface area (Å²) in [6.07, 6.45) is 0. The van der Waals surface area contributed by atoms with Crippen molar-refractivity contribution in [3.8, 4) is 5.75 Å². The summed E-state index contributed by atoms with van der Waals surface area (Å²) in [6.45, 7) is 0.0797. The van der Waals surface area contributed by atoms with Gasteiger partial charge in [-0.1, -0.05) is 42.5 Å². The summed E-state index contributed by atoms with van der Waals surface area (Å²) in [6, 6.07) is 16.5. The van der Waals surface area contributed by atoms with Crippen molar-refractivity contribution in [2.75, 3.05) is 0 Å². The molecule has 0 aliphatic heterocycles. The normalized spacial score (nSPS) is 10.6. The third kappa shape index (κ3) is 2.76. The third-order valence-corrected chi connectivity index (χ3v) is 3.38. The Labute approximate surface area is 126 Å². The molecule has 0 amide bonds. The molecule has 3 nitrogen and oxygen atoms in total. The maximum absolute atomic E-state index is 13.1. The molecule has 3 rings (SSSR count). The first-order valence-corrected chi connectivity index (χ1v) is 6.75. The van der Waals surface area contributed by atoms with Gasteiger partial charge in [-0.2, -0.15) is 0 Å².